The maximum Gasteiger partial charge on any atom is 0.208 e. The van der Waals surface area contributed by atoms with Gasteiger partial charge in [-0.05, 0) is 24.6 Å². The summed E-state index contributed by atoms with van der Waals surface area (Å²) in [6.07, 6.45) is 0. The van der Waals surface area contributed by atoms with E-state index < -0.39 is 11.6 Å². The number of Topliss-reactive ketones (excluding diaryl/α,β-unsaturated/α-hetero) is 2. The third-order valence-corrected chi connectivity index (χ3v) is 7.41. The number of ketones is 2. The lowest BCUT2D eigenvalue weighted by Crippen LogP contribution is -2.54. The fourth-order valence-electron chi connectivity index (χ4n) is 5.79. The molecule has 3 N–H and O–H groups in total. The lowest BCUT2D eigenvalue weighted by atomic mass is 9.82. The number of carbonyl (C=O) groups excluding carboxylic acids is 2. The van der Waals surface area contributed by atoms with Crippen LogP contribution in [0.1, 0.15) is 12.5 Å². The van der Waals surface area contributed by atoms with Crippen LogP contribution in [0.5, 0.6) is 17.2 Å². The zero-order valence-corrected chi connectivity index (χ0v) is 19.9. The van der Waals surface area contributed by atoms with E-state index in [9.17, 15) is 14.7 Å². The number of nitrogens with one attached hydrogen (secondary N) is 2. The van der Waals surface area contributed by atoms with Crippen LogP contribution in [0.2, 0.25) is 0 Å². The van der Waals surface area contributed by atoms with Crippen molar-refractivity contribution in [1.82, 2.24) is 15.5 Å². The first-order valence-electron chi connectivity index (χ1n) is 11.1. The van der Waals surface area contributed by atoms with Gasteiger partial charge in [0.25, 0.3) is 0 Å². The van der Waals surface area contributed by atoms with E-state index in [0.29, 0.717) is 40.6 Å². The molecule has 5 rings (SSSR count). The van der Waals surface area contributed by atoms with Gasteiger partial charge in [-0.1, -0.05) is 0 Å². The summed E-state index contributed by atoms with van der Waals surface area (Å²) in [5, 5.41) is 16.8. The molecule has 3 heterocycles. The number of aliphatic hydroxyl groups excluding tert-OH is 1. The standard InChI is InChI=1S/C24H29N3O7/c1-11-18(25-8-12-6-15(31-2)22(33-4)16(7-12)32-3)21(30)17-13(10-28)24(34-5)23-14(26-23)9-27(24)19(17)20(11)29/h6-7,13-14,23,25-26,28H,8-10H2,1-5H3. The molecular formula is C24H29N3O7. The molecule has 0 radical (unpaired) electrons. The monoisotopic (exact) mass is 471 g/mol. The van der Waals surface area contributed by atoms with E-state index in [-0.39, 0.29) is 42.5 Å². The van der Waals surface area contributed by atoms with Crippen LogP contribution >= 0.6 is 0 Å². The fourth-order valence-corrected chi connectivity index (χ4v) is 5.79. The first-order chi connectivity index (χ1) is 16.4. The summed E-state index contributed by atoms with van der Waals surface area (Å²) >= 11 is 0. The molecule has 1 aromatic carbocycles. The van der Waals surface area contributed by atoms with Gasteiger partial charge in [-0.3, -0.25) is 9.59 Å². The average molecular weight is 472 g/mol. The minimum absolute atomic E-state index is 0.0307. The molecule has 4 atom stereocenters. The minimum atomic E-state index is -0.929. The molecule has 10 heteroatoms. The first-order valence-corrected chi connectivity index (χ1v) is 11.1. The number of benzene rings is 1. The predicted octanol–water partition coefficient (Wildman–Crippen LogP) is 0.103. The van der Waals surface area contributed by atoms with E-state index in [1.54, 1.807) is 26.2 Å². The lowest BCUT2D eigenvalue weighted by Gasteiger charge is -2.39. The van der Waals surface area contributed by atoms with Crippen molar-refractivity contribution in [3.05, 3.63) is 40.2 Å². The quantitative estimate of drug-likeness (QED) is 0.355. The Kier molecular flexibility index (Phi) is 5.34. The van der Waals surface area contributed by atoms with Gasteiger partial charge in [0.05, 0.1) is 51.3 Å². The molecule has 0 spiro atoms. The van der Waals surface area contributed by atoms with Crippen molar-refractivity contribution in [3.63, 3.8) is 0 Å². The minimum Gasteiger partial charge on any atom is -0.493 e. The Hall–Kier alpha value is -3.08. The van der Waals surface area contributed by atoms with Crippen molar-refractivity contribution in [2.75, 3.05) is 41.6 Å². The molecule has 0 aromatic heterocycles. The van der Waals surface area contributed by atoms with Gasteiger partial charge in [-0.15, -0.1) is 0 Å². The number of piperazine rings is 1. The van der Waals surface area contributed by atoms with Crippen LogP contribution in [0.3, 0.4) is 0 Å². The number of hydrogen-bond acceptors (Lipinski definition) is 10. The van der Waals surface area contributed by atoms with Crippen molar-refractivity contribution >= 4 is 11.6 Å². The van der Waals surface area contributed by atoms with Crippen molar-refractivity contribution in [1.29, 1.82) is 0 Å². The Morgan fingerprint density at radius 1 is 1.12 bits per heavy atom. The fraction of sp³-hybridized carbons (Fsp3) is 0.500. The van der Waals surface area contributed by atoms with Crippen molar-refractivity contribution in [2.45, 2.75) is 31.3 Å². The zero-order chi connectivity index (χ0) is 24.4. The lowest BCUT2D eigenvalue weighted by molar-refractivity contribution is -0.137. The number of allylic oxidation sites excluding steroid dienone is 2. The summed E-state index contributed by atoms with van der Waals surface area (Å²) in [5.41, 5.74) is 1.09. The van der Waals surface area contributed by atoms with Crippen LogP contribution in [-0.2, 0) is 20.9 Å². The summed E-state index contributed by atoms with van der Waals surface area (Å²) < 4.78 is 22.1. The number of rotatable bonds is 8. The topological polar surface area (TPSA) is 128 Å². The van der Waals surface area contributed by atoms with E-state index in [1.807, 2.05) is 4.90 Å². The molecule has 182 valence electrons. The predicted molar refractivity (Wildman–Crippen MR) is 120 cm³/mol. The Morgan fingerprint density at radius 2 is 1.79 bits per heavy atom. The Labute approximate surface area is 197 Å². The molecule has 1 aromatic rings. The van der Waals surface area contributed by atoms with E-state index in [1.165, 1.54) is 21.3 Å². The van der Waals surface area contributed by atoms with Gasteiger partial charge in [0.1, 0.15) is 0 Å². The molecule has 4 aliphatic rings. The third kappa shape index (κ3) is 2.85. The van der Waals surface area contributed by atoms with Gasteiger partial charge in [-0.25, -0.2) is 0 Å². The highest BCUT2D eigenvalue weighted by Gasteiger charge is 2.72. The SMILES string of the molecule is COc1cc(CNC2=C(C)C(=O)C3=C(C2=O)C(CO)C2(OC)C4NC4CN32)cc(OC)c1OC. The summed E-state index contributed by atoms with van der Waals surface area (Å²) in [6, 6.07) is 3.72. The summed E-state index contributed by atoms with van der Waals surface area (Å²) in [7, 11) is 6.16. The van der Waals surface area contributed by atoms with Crippen LogP contribution < -0.4 is 24.8 Å². The average Bonchev–Trinajstić information content (AvgIpc) is 3.46. The summed E-state index contributed by atoms with van der Waals surface area (Å²) in [5.74, 6) is 0.315. The number of fused-ring (bicyclic) bond motifs is 4. The molecule has 0 saturated carbocycles. The number of methoxy groups -OCH3 is 4. The normalized spacial score (nSPS) is 29.2. The van der Waals surface area contributed by atoms with Gasteiger partial charge >= 0.3 is 0 Å². The van der Waals surface area contributed by atoms with Crippen LogP contribution in [0.25, 0.3) is 0 Å². The molecule has 10 nitrogen and oxygen atoms in total. The van der Waals surface area contributed by atoms with Gasteiger partial charge in [0.15, 0.2) is 17.2 Å². The van der Waals surface area contributed by atoms with Gasteiger partial charge in [-0.2, -0.15) is 0 Å². The van der Waals surface area contributed by atoms with E-state index in [0.717, 1.165) is 5.56 Å². The van der Waals surface area contributed by atoms with E-state index in [4.69, 9.17) is 18.9 Å². The van der Waals surface area contributed by atoms with Gasteiger partial charge in [0.2, 0.25) is 17.3 Å². The van der Waals surface area contributed by atoms with Gasteiger partial charge < -0.3 is 39.6 Å². The summed E-state index contributed by atoms with van der Waals surface area (Å²) in [6.45, 7) is 2.16. The summed E-state index contributed by atoms with van der Waals surface area (Å²) in [4.78, 5) is 29.1. The molecule has 34 heavy (non-hydrogen) atoms. The van der Waals surface area contributed by atoms with Crippen molar-refractivity contribution < 1.29 is 33.6 Å². The first kappa shape index (κ1) is 22.7. The number of nitrogens with zero attached hydrogens (tertiary/aromatic N) is 1. The van der Waals surface area contributed by atoms with Crippen LogP contribution in [0, 0.1) is 5.92 Å². The van der Waals surface area contributed by atoms with Gasteiger partial charge in [0, 0.05) is 37.4 Å². The Balaban J connectivity index is 1.46. The molecule has 4 unspecified atom stereocenters. The smallest absolute Gasteiger partial charge is 0.208 e. The van der Waals surface area contributed by atoms with Crippen LogP contribution in [0.4, 0.5) is 0 Å². The van der Waals surface area contributed by atoms with Crippen molar-refractivity contribution in [2.24, 2.45) is 5.92 Å². The third-order valence-electron chi connectivity index (χ3n) is 7.41. The highest BCUT2D eigenvalue weighted by Crippen LogP contribution is 2.55. The Bertz CT molecular complexity index is 1120. The second-order valence-corrected chi connectivity index (χ2v) is 8.86. The van der Waals surface area contributed by atoms with Crippen molar-refractivity contribution in [3.8, 4) is 17.2 Å². The second-order valence-electron chi connectivity index (χ2n) is 8.86. The molecule has 0 bridgehead atoms. The second kappa shape index (κ2) is 8.00. The maximum atomic E-state index is 13.7. The molecule has 1 aliphatic carbocycles. The number of aliphatic hydroxyl groups is 1. The molecule has 2 saturated heterocycles. The van der Waals surface area contributed by atoms with E-state index in [2.05, 4.69) is 10.6 Å². The Morgan fingerprint density at radius 3 is 2.35 bits per heavy atom. The number of ether oxygens (including phenoxy) is 4. The molecule has 0 amide bonds. The highest BCUT2D eigenvalue weighted by molar-refractivity contribution is 6.25. The molecular weight excluding hydrogens is 442 g/mol. The molecule has 3 aliphatic heterocycles. The van der Waals surface area contributed by atoms with E-state index >= 15 is 0 Å². The van der Waals surface area contributed by atoms with Crippen LogP contribution in [0.15, 0.2) is 34.7 Å². The van der Waals surface area contributed by atoms with Crippen LogP contribution in [-0.4, -0.2) is 81.0 Å². The maximum absolute atomic E-state index is 13.7. The number of hydrogen-bond donors (Lipinski definition) is 3. The molecule has 2 fully saturated rings. The largest absolute Gasteiger partial charge is 0.493 e. The number of carbonyl (C=O) groups is 2. The zero-order valence-electron chi connectivity index (χ0n) is 19.9. The highest BCUT2D eigenvalue weighted by atomic mass is 16.5.